The quantitative estimate of drug-likeness (QED) is 0.627. The van der Waals surface area contributed by atoms with Gasteiger partial charge in [0.1, 0.15) is 0 Å². The molecule has 0 aromatic carbocycles. The maximum atomic E-state index is 9.81. The van der Waals surface area contributed by atoms with Gasteiger partial charge in [-0.1, -0.05) is 0 Å². The number of rotatable bonds is 1. The molecule has 1 saturated heterocycles. The van der Waals surface area contributed by atoms with E-state index in [1.54, 1.807) is 0 Å². The standard InChI is InChI=1S/C9H19NO2/c1-8(2)5-7(6-11)9(3,4)10(8)12/h7,11-12H,5-6H2,1-4H3/t7-/m1/s1. The lowest BCUT2D eigenvalue weighted by Gasteiger charge is -2.35. The zero-order valence-electron chi connectivity index (χ0n) is 8.33. The zero-order valence-corrected chi connectivity index (χ0v) is 8.33. The molecule has 1 rings (SSSR count). The van der Waals surface area contributed by atoms with Gasteiger partial charge in [-0.3, -0.25) is 0 Å². The highest BCUT2D eigenvalue weighted by Gasteiger charge is 2.50. The van der Waals surface area contributed by atoms with Gasteiger partial charge in [-0.05, 0) is 34.1 Å². The fraction of sp³-hybridized carbons (Fsp3) is 1.00. The number of hydrogen-bond donors (Lipinski definition) is 2. The van der Waals surface area contributed by atoms with Gasteiger partial charge in [0.2, 0.25) is 0 Å². The van der Waals surface area contributed by atoms with Crippen molar-refractivity contribution in [3.63, 3.8) is 0 Å². The predicted octanol–water partition coefficient (Wildman–Crippen LogP) is 1.25. The smallest absolute Gasteiger partial charge is 0.0478 e. The summed E-state index contributed by atoms with van der Waals surface area (Å²) in [5, 5.41) is 20.3. The average molecular weight is 173 g/mol. The molecule has 2 N–H and O–H groups in total. The van der Waals surface area contributed by atoms with E-state index in [2.05, 4.69) is 0 Å². The molecule has 0 radical (unpaired) electrons. The second kappa shape index (κ2) is 2.69. The first-order valence-corrected chi connectivity index (χ1v) is 4.42. The number of aliphatic hydroxyl groups excluding tert-OH is 1. The van der Waals surface area contributed by atoms with Crippen LogP contribution in [-0.2, 0) is 0 Å². The van der Waals surface area contributed by atoms with Crippen molar-refractivity contribution in [2.24, 2.45) is 5.92 Å². The van der Waals surface area contributed by atoms with Gasteiger partial charge in [0.15, 0.2) is 0 Å². The second-order valence-electron chi connectivity index (χ2n) is 4.86. The summed E-state index contributed by atoms with van der Waals surface area (Å²) in [6.07, 6.45) is 0.840. The minimum absolute atomic E-state index is 0.146. The van der Waals surface area contributed by atoms with E-state index in [1.165, 1.54) is 5.06 Å². The monoisotopic (exact) mass is 173 g/mol. The molecule has 0 amide bonds. The molecule has 1 fully saturated rings. The van der Waals surface area contributed by atoms with Crippen LogP contribution in [0.2, 0.25) is 0 Å². The summed E-state index contributed by atoms with van der Waals surface area (Å²) in [6, 6.07) is 0. The first-order chi connectivity index (χ1) is 5.32. The SMILES string of the molecule is CC1(C)C[C@H](CO)C(C)(C)N1O. The minimum Gasteiger partial charge on any atom is -0.396 e. The van der Waals surface area contributed by atoms with Gasteiger partial charge in [-0.25, -0.2) is 0 Å². The van der Waals surface area contributed by atoms with E-state index >= 15 is 0 Å². The van der Waals surface area contributed by atoms with Crippen LogP contribution in [-0.4, -0.2) is 33.1 Å². The van der Waals surface area contributed by atoms with E-state index in [4.69, 9.17) is 5.11 Å². The lowest BCUT2D eigenvalue weighted by atomic mass is 9.88. The van der Waals surface area contributed by atoms with Crippen molar-refractivity contribution in [3.8, 4) is 0 Å². The lowest BCUT2D eigenvalue weighted by molar-refractivity contribution is -0.197. The molecule has 0 saturated carbocycles. The maximum absolute atomic E-state index is 9.81. The van der Waals surface area contributed by atoms with Crippen molar-refractivity contribution < 1.29 is 10.3 Å². The Labute approximate surface area is 74.0 Å². The van der Waals surface area contributed by atoms with Crippen LogP contribution in [0.3, 0.4) is 0 Å². The third-order valence-corrected chi connectivity index (χ3v) is 3.08. The Morgan fingerprint density at radius 1 is 1.33 bits per heavy atom. The Hall–Kier alpha value is -0.120. The summed E-state index contributed by atoms with van der Waals surface area (Å²) >= 11 is 0. The minimum atomic E-state index is -0.307. The van der Waals surface area contributed by atoms with E-state index in [9.17, 15) is 5.21 Å². The lowest BCUT2D eigenvalue weighted by Crippen LogP contribution is -2.47. The van der Waals surface area contributed by atoms with Crippen molar-refractivity contribution in [1.29, 1.82) is 0 Å². The Bertz CT molecular complexity index is 177. The Kier molecular flexibility index (Phi) is 2.23. The molecule has 0 aromatic rings. The normalized spacial score (nSPS) is 34.0. The second-order valence-corrected chi connectivity index (χ2v) is 4.86. The molecule has 0 aromatic heterocycles. The molecule has 0 aliphatic carbocycles. The number of hydrogen-bond acceptors (Lipinski definition) is 3. The van der Waals surface area contributed by atoms with Crippen molar-refractivity contribution in [2.75, 3.05) is 6.61 Å². The van der Waals surface area contributed by atoms with Crippen molar-refractivity contribution in [1.82, 2.24) is 5.06 Å². The van der Waals surface area contributed by atoms with Crippen LogP contribution in [0.5, 0.6) is 0 Å². The molecule has 12 heavy (non-hydrogen) atoms. The third kappa shape index (κ3) is 1.26. The van der Waals surface area contributed by atoms with Crippen LogP contribution in [0.15, 0.2) is 0 Å². The molecular formula is C9H19NO2. The third-order valence-electron chi connectivity index (χ3n) is 3.08. The fourth-order valence-electron chi connectivity index (χ4n) is 2.18. The molecule has 0 spiro atoms. The van der Waals surface area contributed by atoms with Crippen molar-refractivity contribution in [3.05, 3.63) is 0 Å². The van der Waals surface area contributed by atoms with Gasteiger partial charge in [0.05, 0.1) is 0 Å². The molecule has 3 heteroatoms. The van der Waals surface area contributed by atoms with E-state index in [0.717, 1.165) is 6.42 Å². The summed E-state index contributed by atoms with van der Waals surface area (Å²) in [6.45, 7) is 8.05. The highest BCUT2D eigenvalue weighted by Crippen LogP contribution is 2.42. The zero-order chi connectivity index (χ0) is 9.57. The van der Waals surface area contributed by atoms with Crippen LogP contribution in [0.1, 0.15) is 34.1 Å². The van der Waals surface area contributed by atoms with Gasteiger partial charge in [0.25, 0.3) is 0 Å². The first kappa shape index (κ1) is 9.96. The van der Waals surface area contributed by atoms with Crippen LogP contribution in [0.4, 0.5) is 0 Å². The summed E-state index contributed by atoms with van der Waals surface area (Å²) in [5.41, 5.74) is -0.519. The molecule has 1 atom stereocenters. The molecular weight excluding hydrogens is 154 g/mol. The largest absolute Gasteiger partial charge is 0.396 e. The maximum Gasteiger partial charge on any atom is 0.0478 e. The molecule has 0 bridgehead atoms. The van der Waals surface area contributed by atoms with E-state index in [-0.39, 0.29) is 23.6 Å². The van der Waals surface area contributed by atoms with Gasteiger partial charge in [0, 0.05) is 23.6 Å². The highest BCUT2D eigenvalue weighted by molar-refractivity contribution is 5.01. The molecule has 0 unspecified atom stereocenters. The summed E-state index contributed by atoms with van der Waals surface area (Å²) in [7, 11) is 0. The number of nitrogens with zero attached hydrogens (tertiary/aromatic N) is 1. The molecule has 72 valence electrons. The van der Waals surface area contributed by atoms with Crippen molar-refractivity contribution >= 4 is 0 Å². The van der Waals surface area contributed by atoms with Gasteiger partial charge in [-0.15, -0.1) is 0 Å². The summed E-state index contributed by atoms with van der Waals surface area (Å²) in [5.74, 6) is 0.164. The van der Waals surface area contributed by atoms with E-state index in [1.807, 2.05) is 27.7 Å². The highest BCUT2D eigenvalue weighted by atomic mass is 16.5. The Morgan fingerprint density at radius 2 is 1.83 bits per heavy atom. The van der Waals surface area contributed by atoms with Gasteiger partial charge in [-0.2, -0.15) is 5.06 Å². The number of hydroxylamine groups is 2. The van der Waals surface area contributed by atoms with Crippen LogP contribution in [0.25, 0.3) is 0 Å². The van der Waals surface area contributed by atoms with E-state index < -0.39 is 0 Å². The van der Waals surface area contributed by atoms with Gasteiger partial charge >= 0.3 is 0 Å². The Morgan fingerprint density at radius 3 is 2.00 bits per heavy atom. The van der Waals surface area contributed by atoms with Crippen LogP contribution < -0.4 is 0 Å². The van der Waals surface area contributed by atoms with Gasteiger partial charge < -0.3 is 10.3 Å². The average Bonchev–Trinajstić information content (AvgIpc) is 2.11. The molecule has 1 aliphatic rings. The van der Waals surface area contributed by atoms with Crippen LogP contribution >= 0.6 is 0 Å². The Balaban J connectivity index is 2.88. The number of aliphatic hydroxyl groups is 1. The molecule has 1 heterocycles. The predicted molar refractivity (Wildman–Crippen MR) is 47.0 cm³/mol. The summed E-state index contributed by atoms with van der Waals surface area (Å²) < 4.78 is 0. The molecule has 3 nitrogen and oxygen atoms in total. The first-order valence-electron chi connectivity index (χ1n) is 4.42. The van der Waals surface area contributed by atoms with E-state index in [0.29, 0.717) is 0 Å². The fourth-order valence-corrected chi connectivity index (χ4v) is 2.18. The van der Waals surface area contributed by atoms with Crippen molar-refractivity contribution in [2.45, 2.75) is 45.2 Å². The topological polar surface area (TPSA) is 43.7 Å². The summed E-state index contributed by atoms with van der Waals surface area (Å²) in [4.78, 5) is 0. The van der Waals surface area contributed by atoms with Crippen LogP contribution in [0, 0.1) is 5.92 Å². The molecule has 1 aliphatic heterocycles.